The third kappa shape index (κ3) is 3.65. The molecule has 1 aliphatic rings. The van der Waals surface area contributed by atoms with E-state index < -0.39 is 0 Å². The van der Waals surface area contributed by atoms with E-state index in [1.807, 2.05) is 14.0 Å². The minimum atomic E-state index is -0.128. The van der Waals surface area contributed by atoms with Crippen molar-refractivity contribution in [2.45, 2.75) is 26.2 Å². The van der Waals surface area contributed by atoms with Gasteiger partial charge in [0.1, 0.15) is 0 Å². The average Bonchev–Trinajstić information content (AvgIpc) is 3.09. The predicted octanol–water partition coefficient (Wildman–Crippen LogP) is 4.38. The van der Waals surface area contributed by atoms with Crippen molar-refractivity contribution in [1.82, 2.24) is 10.1 Å². The van der Waals surface area contributed by atoms with Crippen LogP contribution in [0.25, 0.3) is 0 Å². The summed E-state index contributed by atoms with van der Waals surface area (Å²) in [4.78, 5) is 16.6. The molecule has 144 valence electrons. The van der Waals surface area contributed by atoms with Crippen molar-refractivity contribution in [3.8, 4) is 0 Å². The van der Waals surface area contributed by atoms with Crippen molar-refractivity contribution in [2.75, 3.05) is 25.0 Å². The zero-order chi connectivity index (χ0) is 19.5. The number of amides is 1. The monoisotopic (exact) mass is 375 g/mol. The topological polar surface area (TPSA) is 49.6 Å². The molecule has 2 aromatic carbocycles. The van der Waals surface area contributed by atoms with Crippen molar-refractivity contribution in [3.63, 3.8) is 0 Å². The summed E-state index contributed by atoms with van der Waals surface area (Å²) in [6, 6.07) is 18.9. The average molecular weight is 375 g/mol. The van der Waals surface area contributed by atoms with Crippen LogP contribution in [0.15, 0.2) is 59.1 Å². The molecule has 0 spiro atoms. The normalized spacial score (nSPS) is 12.9. The maximum Gasteiger partial charge on any atom is 0.292 e. The first-order valence-electron chi connectivity index (χ1n) is 9.75. The van der Waals surface area contributed by atoms with E-state index in [1.165, 1.54) is 22.5 Å². The summed E-state index contributed by atoms with van der Waals surface area (Å²) in [6.07, 6.45) is 2.96. The fourth-order valence-electron chi connectivity index (χ4n) is 3.83. The van der Waals surface area contributed by atoms with Crippen LogP contribution in [0.2, 0.25) is 0 Å². The Morgan fingerprint density at radius 1 is 1.07 bits per heavy atom. The molecule has 0 fully saturated rings. The molecular formula is C23H25N3O2. The Labute approximate surface area is 165 Å². The number of nitrogens with zero attached hydrogens (tertiary/aromatic N) is 3. The number of anilines is 2. The lowest BCUT2D eigenvalue weighted by Crippen LogP contribution is -2.30. The number of carbonyl (C=O) groups excluding carboxylic acids is 1. The molecule has 0 bridgehead atoms. The van der Waals surface area contributed by atoms with Gasteiger partial charge in [0, 0.05) is 37.6 Å². The summed E-state index contributed by atoms with van der Waals surface area (Å²) in [7, 11) is 1.81. The molecule has 0 unspecified atom stereocenters. The smallest absolute Gasteiger partial charge is 0.292 e. The van der Waals surface area contributed by atoms with Crippen molar-refractivity contribution in [2.24, 2.45) is 0 Å². The molecule has 28 heavy (non-hydrogen) atoms. The molecule has 2 heterocycles. The van der Waals surface area contributed by atoms with Crippen molar-refractivity contribution in [1.29, 1.82) is 0 Å². The molecule has 0 N–H and O–H groups in total. The maximum absolute atomic E-state index is 12.5. The van der Waals surface area contributed by atoms with Crippen molar-refractivity contribution < 1.29 is 9.32 Å². The van der Waals surface area contributed by atoms with Crippen LogP contribution >= 0.6 is 0 Å². The Bertz CT molecular complexity index is 932. The van der Waals surface area contributed by atoms with Gasteiger partial charge in [-0.1, -0.05) is 41.6 Å². The van der Waals surface area contributed by atoms with Crippen LogP contribution in [0.4, 0.5) is 11.4 Å². The molecule has 4 rings (SSSR count). The van der Waals surface area contributed by atoms with Gasteiger partial charge in [-0.25, -0.2) is 0 Å². The Morgan fingerprint density at radius 3 is 2.25 bits per heavy atom. The molecule has 0 saturated heterocycles. The number of para-hydroxylation sites is 2. The number of aryl methyl sites for hydroxylation is 3. The summed E-state index contributed by atoms with van der Waals surface area (Å²) >= 11 is 0. The molecule has 0 radical (unpaired) electrons. The summed E-state index contributed by atoms with van der Waals surface area (Å²) in [6.45, 7) is 3.31. The van der Waals surface area contributed by atoms with Crippen LogP contribution in [0.5, 0.6) is 0 Å². The van der Waals surface area contributed by atoms with Gasteiger partial charge >= 0.3 is 0 Å². The molecule has 0 saturated carbocycles. The standard InChI is InChI=1S/C23H25N3O2/c1-17-16-22(28-24-17)23(27)25(2)14-7-15-26-20-10-5-3-8-18(20)12-13-19-9-4-6-11-21(19)26/h3-6,8-11,16H,7,12-15H2,1-2H3. The lowest BCUT2D eigenvalue weighted by atomic mass is 10.0. The Balaban J connectivity index is 1.49. The SMILES string of the molecule is Cc1cc(C(=O)N(C)CCCN2c3ccccc3CCc3ccccc32)on1. The van der Waals surface area contributed by atoms with Gasteiger partial charge in [-0.3, -0.25) is 4.79 Å². The van der Waals surface area contributed by atoms with E-state index >= 15 is 0 Å². The van der Waals surface area contributed by atoms with Crippen LogP contribution in [0, 0.1) is 6.92 Å². The second-order valence-electron chi connectivity index (χ2n) is 7.32. The number of carbonyl (C=O) groups is 1. The highest BCUT2D eigenvalue weighted by molar-refractivity contribution is 5.91. The van der Waals surface area contributed by atoms with Crippen LogP contribution in [-0.2, 0) is 12.8 Å². The van der Waals surface area contributed by atoms with Gasteiger partial charge in [-0.2, -0.15) is 0 Å². The number of aromatic nitrogens is 1. The van der Waals surface area contributed by atoms with E-state index in [1.54, 1.807) is 11.0 Å². The quantitative estimate of drug-likeness (QED) is 0.664. The first kappa shape index (κ1) is 18.3. The van der Waals surface area contributed by atoms with Crippen molar-refractivity contribution >= 4 is 17.3 Å². The second-order valence-corrected chi connectivity index (χ2v) is 7.32. The van der Waals surface area contributed by atoms with Gasteiger partial charge < -0.3 is 14.3 Å². The lowest BCUT2D eigenvalue weighted by molar-refractivity contribution is 0.0753. The first-order chi connectivity index (χ1) is 13.6. The minimum absolute atomic E-state index is 0.128. The molecule has 5 nitrogen and oxygen atoms in total. The Kier molecular flexibility index (Phi) is 5.15. The number of rotatable bonds is 5. The molecule has 1 aromatic heterocycles. The molecule has 5 heteroatoms. The third-order valence-electron chi connectivity index (χ3n) is 5.29. The van der Waals surface area contributed by atoms with Crippen LogP contribution < -0.4 is 4.90 Å². The highest BCUT2D eigenvalue weighted by Gasteiger charge is 2.21. The van der Waals surface area contributed by atoms with E-state index in [-0.39, 0.29) is 5.91 Å². The Hall–Kier alpha value is -3.08. The summed E-state index contributed by atoms with van der Waals surface area (Å²) in [5.41, 5.74) is 6.01. The van der Waals surface area contributed by atoms with Crippen molar-refractivity contribution in [3.05, 3.63) is 77.2 Å². The molecule has 0 atom stereocenters. The van der Waals surface area contributed by atoms with Crippen LogP contribution in [-0.4, -0.2) is 36.1 Å². The first-order valence-corrected chi connectivity index (χ1v) is 9.75. The summed E-state index contributed by atoms with van der Waals surface area (Å²) < 4.78 is 5.10. The lowest BCUT2D eigenvalue weighted by Gasteiger charge is -2.28. The van der Waals surface area contributed by atoms with Gasteiger partial charge in [0.25, 0.3) is 5.91 Å². The van der Waals surface area contributed by atoms with Gasteiger partial charge in [0.05, 0.1) is 5.69 Å². The van der Waals surface area contributed by atoms with Gasteiger partial charge in [0.15, 0.2) is 0 Å². The molecular weight excluding hydrogens is 350 g/mol. The van der Waals surface area contributed by atoms with E-state index in [2.05, 4.69) is 58.6 Å². The van der Waals surface area contributed by atoms with E-state index in [4.69, 9.17) is 4.52 Å². The fraction of sp³-hybridized carbons (Fsp3) is 0.304. The van der Waals surface area contributed by atoms with Crippen LogP contribution in [0.3, 0.4) is 0 Å². The highest BCUT2D eigenvalue weighted by atomic mass is 16.5. The van der Waals surface area contributed by atoms with Crippen LogP contribution in [0.1, 0.15) is 33.8 Å². The predicted molar refractivity (Wildman–Crippen MR) is 110 cm³/mol. The summed E-state index contributed by atoms with van der Waals surface area (Å²) in [5.74, 6) is 0.169. The van der Waals surface area contributed by atoms with E-state index in [9.17, 15) is 4.79 Å². The zero-order valence-corrected chi connectivity index (χ0v) is 16.4. The number of hydrogen-bond acceptors (Lipinski definition) is 4. The molecule has 1 aliphatic heterocycles. The fourth-order valence-corrected chi connectivity index (χ4v) is 3.83. The maximum atomic E-state index is 12.5. The third-order valence-corrected chi connectivity index (χ3v) is 5.29. The zero-order valence-electron chi connectivity index (χ0n) is 16.4. The number of benzene rings is 2. The Morgan fingerprint density at radius 2 is 1.68 bits per heavy atom. The highest BCUT2D eigenvalue weighted by Crippen LogP contribution is 2.35. The van der Waals surface area contributed by atoms with E-state index in [0.29, 0.717) is 12.3 Å². The van der Waals surface area contributed by atoms with Gasteiger partial charge in [0.2, 0.25) is 5.76 Å². The van der Waals surface area contributed by atoms with E-state index in [0.717, 1.165) is 31.5 Å². The van der Waals surface area contributed by atoms with Gasteiger partial charge in [-0.15, -0.1) is 0 Å². The van der Waals surface area contributed by atoms with Gasteiger partial charge in [-0.05, 0) is 49.4 Å². The summed E-state index contributed by atoms with van der Waals surface area (Å²) in [5, 5.41) is 3.80. The molecule has 1 amide bonds. The number of fused-ring (bicyclic) bond motifs is 2. The second kappa shape index (κ2) is 7.89. The molecule has 3 aromatic rings. The molecule has 0 aliphatic carbocycles. The largest absolute Gasteiger partial charge is 0.351 e. The number of hydrogen-bond donors (Lipinski definition) is 0. The minimum Gasteiger partial charge on any atom is -0.351 e.